The van der Waals surface area contributed by atoms with Gasteiger partial charge in [-0.1, -0.05) is 23.2 Å². The Balaban J connectivity index is 1.56. The van der Waals surface area contributed by atoms with Crippen LogP contribution in [0.15, 0.2) is 36.4 Å². The summed E-state index contributed by atoms with van der Waals surface area (Å²) in [5.41, 5.74) is 5.49. The average Bonchev–Trinajstić information content (AvgIpc) is 2.94. The van der Waals surface area contributed by atoms with E-state index in [1.54, 1.807) is 0 Å². The number of hydrogen-bond donors (Lipinski definition) is 1. The number of aryl methyl sites for hydroxylation is 1. The van der Waals surface area contributed by atoms with E-state index in [2.05, 4.69) is 47.0 Å². The van der Waals surface area contributed by atoms with Crippen LogP contribution in [0.2, 0.25) is 5.02 Å². The van der Waals surface area contributed by atoms with Crippen molar-refractivity contribution in [3.63, 3.8) is 0 Å². The van der Waals surface area contributed by atoms with Crippen LogP contribution in [-0.2, 0) is 19.5 Å². The topological polar surface area (TPSA) is 37.3 Å². The molecule has 1 aliphatic rings. The monoisotopic (exact) mass is 399 g/mol. The van der Waals surface area contributed by atoms with Crippen LogP contribution in [0.5, 0.6) is 0 Å². The van der Waals surface area contributed by atoms with Gasteiger partial charge in [0.05, 0.1) is 10.6 Å². The van der Waals surface area contributed by atoms with E-state index in [1.165, 1.54) is 39.9 Å². The molecule has 1 aliphatic heterocycles. The molecule has 0 bridgehead atoms. The minimum Gasteiger partial charge on any atom is -0.350 e. The largest absolute Gasteiger partial charge is 0.350 e. The molecule has 0 fully saturated rings. The second-order valence-electron chi connectivity index (χ2n) is 7.47. The molecular weight excluding hydrogens is 377 g/mol. The molecule has 146 valence electrons. The molecule has 3 aromatic rings. The smallest absolute Gasteiger partial charge is 0.252 e. The van der Waals surface area contributed by atoms with Gasteiger partial charge in [-0.3, -0.25) is 4.79 Å². The second kappa shape index (κ2) is 7.57. The Labute approximate surface area is 168 Å². The zero-order valence-corrected chi connectivity index (χ0v) is 16.8. The Bertz CT molecular complexity index is 1060. The van der Waals surface area contributed by atoms with E-state index < -0.39 is 5.82 Å². The maximum atomic E-state index is 13.2. The first kappa shape index (κ1) is 19.0. The van der Waals surface area contributed by atoms with Crippen LogP contribution in [-0.4, -0.2) is 35.5 Å². The van der Waals surface area contributed by atoms with E-state index in [9.17, 15) is 9.18 Å². The van der Waals surface area contributed by atoms with Crippen LogP contribution in [0.25, 0.3) is 10.9 Å². The third kappa shape index (κ3) is 3.52. The summed E-state index contributed by atoms with van der Waals surface area (Å²) < 4.78 is 15.5. The Morgan fingerprint density at radius 2 is 2.07 bits per heavy atom. The third-order valence-electron chi connectivity index (χ3n) is 5.40. The molecule has 0 atom stereocenters. The van der Waals surface area contributed by atoms with Gasteiger partial charge in [-0.25, -0.2) is 4.39 Å². The highest BCUT2D eigenvalue weighted by Crippen LogP contribution is 2.31. The molecule has 1 amide bonds. The fourth-order valence-corrected chi connectivity index (χ4v) is 4.26. The fraction of sp³-hybridized carbons (Fsp3) is 0.318. The van der Waals surface area contributed by atoms with Crippen molar-refractivity contribution in [1.82, 2.24) is 14.8 Å². The number of fused-ring (bicyclic) bond motifs is 3. The van der Waals surface area contributed by atoms with E-state index in [1.807, 2.05) is 0 Å². The maximum Gasteiger partial charge on any atom is 0.252 e. The molecule has 0 aliphatic carbocycles. The molecule has 4 nitrogen and oxygen atoms in total. The van der Waals surface area contributed by atoms with Crippen LogP contribution in [0.4, 0.5) is 4.39 Å². The van der Waals surface area contributed by atoms with Crippen molar-refractivity contribution < 1.29 is 9.18 Å². The van der Waals surface area contributed by atoms with Gasteiger partial charge >= 0.3 is 0 Å². The van der Waals surface area contributed by atoms with Gasteiger partial charge in [0.15, 0.2) is 0 Å². The number of halogens is 2. The lowest BCUT2D eigenvalue weighted by Gasteiger charge is -2.24. The van der Waals surface area contributed by atoms with Gasteiger partial charge in [0.25, 0.3) is 5.91 Å². The summed E-state index contributed by atoms with van der Waals surface area (Å²) in [7, 11) is 2.15. The van der Waals surface area contributed by atoms with E-state index in [4.69, 9.17) is 11.6 Å². The summed E-state index contributed by atoms with van der Waals surface area (Å²) >= 11 is 5.99. The predicted octanol–water partition coefficient (Wildman–Crippen LogP) is 4.16. The highest BCUT2D eigenvalue weighted by atomic mass is 35.5. The molecule has 0 saturated heterocycles. The van der Waals surface area contributed by atoms with Crippen LogP contribution in [0.1, 0.15) is 27.2 Å². The highest BCUT2D eigenvalue weighted by Gasteiger charge is 2.22. The number of aromatic nitrogens is 1. The molecule has 0 spiro atoms. The lowest BCUT2D eigenvalue weighted by Crippen LogP contribution is -2.30. The summed E-state index contributed by atoms with van der Waals surface area (Å²) in [5.74, 6) is -0.738. The summed E-state index contributed by atoms with van der Waals surface area (Å²) in [4.78, 5) is 14.8. The number of benzene rings is 2. The predicted molar refractivity (Wildman–Crippen MR) is 110 cm³/mol. The van der Waals surface area contributed by atoms with E-state index in [-0.39, 0.29) is 10.9 Å². The minimum atomic E-state index is -0.452. The Morgan fingerprint density at radius 3 is 2.86 bits per heavy atom. The number of nitrogens with zero attached hydrogens (tertiary/aromatic N) is 2. The van der Waals surface area contributed by atoms with E-state index >= 15 is 0 Å². The zero-order chi connectivity index (χ0) is 19.8. The van der Waals surface area contributed by atoms with Crippen molar-refractivity contribution in [2.45, 2.75) is 26.4 Å². The van der Waals surface area contributed by atoms with Gasteiger partial charge in [0.1, 0.15) is 5.82 Å². The fourth-order valence-electron chi connectivity index (χ4n) is 4.00. The Kier molecular flexibility index (Phi) is 5.13. The molecule has 6 heteroatoms. The lowest BCUT2D eigenvalue weighted by atomic mass is 10.0. The summed E-state index contributed by atoms with van der Waals surface area (Å²) in [5, 5.41) is 4.34. The first-order chi connectivity index (χ1) is 13.4. The SMILES string of the molecule is Cc1ccc2c(c1)c1c(n2CCNC(=O)c2ccc(F)cc2Cl)CCN(C)C1. The standard InChI is InChI=1S/C22H23ClFN3O/c1-14-3-6-20-17(11-14)18-13-26(2)9-7-21(18)27(20)10-8-25-22(28)16-5-4-15(24)12-19(16)23/h3-6,11-12H,7-10,13H2,1-2H3,(H,25,28). The Morgan fingerprint density at radius 1 is 1.25 bits per heavy atom. The molecule has 4 rings (SSSR count). The lowest BCUT2D eigenvalue weighted by molar-refractivity contribution is 0.0952. The molecule has 28 heavy (non-hydrogen) atoms. The minimum absolute atomic E-state index is 0.125. The van der Waals surface area contributed by atoms with E-state index in [0.717, 1.165) is 25.6 Å². The van der Waals surface area contributed by atoms with Gasteiger partial charge in [-0.2, -0.15) is 0 Å². The first-order valence-corrected chi connectivity index (χ1v) is 9.84. The highest BCUT2D eigenvalue weighted by molar-refractivity contribution is 6.33. The van der Waals surface area contributed by atoms with Gasteiger partial charge in [-0.05, 0) is 49.9 Å². The number of rotatable bonds is 4. The summed E-state index contributed by atoms with van der Waals surface area (Å²) in [6, 6.07) is 10.4. The van der Waals surface area contributed by atoms with Crippen molar-refractivity contribution >= 4 is 28.4 Å². The van der Waals surface area contributed by atoms with Gasteiger partial charge in [0.2, 0.25) is 0 Å². The molecule has 0 unspecified atom stereocenters. The Hall–Kier alpha value is -2.37. The van der Waals surface area contributed by atoms with Gasteiger partial charge < -0.3 is 14.8 Å². The van der Waals surface area contributed by atoms with Crippen LogP contribution >= 0.6 is 11.6 Å². The van der Waals surface area contributed by atoms with Crippen molar-refractivity contribution in [2.75, 3.05) is 20.1 Å². The molecular formula is C22H23ClFN3O. The first-order valence-electron chi connectivity index (χ1n) is 9.46. The van der Waals surface area contributed by atoms with Crippen molar-refractivity contribution in [3.05, 3.63) is 69.6 Å². The zero-order valence-electron chi connectivity index (χ0n) is 16.1. The maximum absolute atomic E-state index is 13.2. The molecule has 2 aromatic carbocycles. The number of carbonyl (C=O) groups excluding carboxylic acids is 1. The van der Waals surface area contributed by atoms with Gasteiger partial charge in [0, 0.05) is 49.2 Å². The number of hydrogen-bond acceptors (Lipinski definition) is 2. The normalized spacial score (nSPS) is 14.3. The molecule has 1 N–H and O–H groups in total. The number of likely N-dealkylation sites (N-methyl/N-ethyl adjacent to an activating group) is 1. The molecule has 0 saturated carbocycles. The molecule has 1 aromatic heterocycles. The van der Waals surface area contributed by atoms with Crippen molar-refractivity contribution in [3.8, 4) is 0 Å². The van der Waals surface area contributed by atoms with Crippen molar-refractivity contribution in [2.24, 2.45) is 0 Å². The number of nitrogens with one attached hydrogen (secondary N) is 1. The quantitative estimate of drug-likeness (QED) is 0.715. The van der Waals surface area contributed by atoms with Crippen molar-refractivity contribution in [1.29, 1.82) is 0 Å². The van der Waals surface area contributed by atoms with Crippen LogP contribution in [0.3, 0.4) is 0 Å². The van der Waals surface area contributed by atoms with Crippen LogP contribution < -0.4 is 5.32 Å². The summed E-state index contributed by atoms with van der Waals surface area (Å²) in [6.07, 6.45) is 0.997. The third-order valence-corrected chi connectivity index (χ3v) is 5.71. The summed E-state index contributed by atoms with van der Waals surface area (Å²) in [6.45, 7) is 5.25. The molecule has 2 heterocycles. The second-order valence-corrected chi connectivity index (χ2v) is 7.87. The number of carbonyl (C=O) groups is 1. The molecule has 0 radical (unpaired) electrons. The van der Waals surface area contributed by atoms with Gasteiger partial charge in [-0.15, -0.1) is 0 Å². The van der Waals surface area contributed by atoms with Crippen LogP contribution in [0, 0.1) is 12.7 Å². The average molecular weight is 400 g/mol. The number of amides is 1. The van der Waals surface area contributed by atoms with E-state index in [0.29, 0.717) is 18.7 Å².